The van der Waals surface area contributed by atoms with Crippen LogP contribution in [0.5, 0.6) is 0 Å². The Hall–Kier alpha value is -1.41. The third-order valence-electron chi connectivity index (χ3n) is 2.32. The maximum absolute atomic E-state index is 5.47. The van der Waals surface area contributed by atoms with Crippen molar-refractivity contribution >= 4 is 10.9 Å². The molecule has 0 unspecified atom stereocenters. The summed E-state index contributed by atoms with van der Waals surface area (Å²) in [6.07, 6.45) is 3.99. The molecule has 0 radical (unpaired) electrons. The fourth-order valence-corrected chi connectivity index (χ4v) is 1.56. The van der Waals surface area contributed by atoms with Gasteiger partial charge in [0.1, 0.15) is 0 Å². The number of hydrogen-bond donors (Lipinski definition) is 1. The zero-order chi connectivity index (χ0) is 9.80. The molecular weight excluding hydrogens is 172 g/mol. The molecule has 0 saturated carbocycles. The summed E-state index contributed by atoms with van der Waals surface area (Å²) in [5, 5.41) is 1.21. The molecule has 14 heavy (non-hydrogen) atoms. The number of aromatic nitrogens is 1. The van der Waals surface area contributed by atoms with Gasteiger partial charge in [-0.2, -0.15) is 0 Å². The van der Waals surface area contributed by atoms with E-state index < -0.39 is 0 Å². The van der Waals surface area contributed by atoms with Crippen LogP contribution in [-0.2, 0) is 6.42 Å². The van der Waals surface area contributed by atoms with Crippen LogP contribution in [0.2, 0.25) is 0 Å². The molecule has 1 heterocycles. The number of benzene rings is 1. The molecule has 2 nitrogen and oxygen atoms in total. The van der Waals surface area contributed by atoms with Gasteiger partial charge in [0.2, 0.25) is 0 Å². The van der Waals surface area contributed by atoms with Gasteiger partial charge in [0.15, 0.2) is 0 Å². The normalized spacial score (nSPS) is 10.6. The number of rotatable bonds is 3. The molecule has 0 aliphatic carbocycles. The van der Waals surface area contributed by atoms with Crippen LogP contribution >= 0.6 is 0 Å². The van der Waals surface area contributed by atoms with Gasteiger partial charge in [-0.1, -0.05) is 18.2 Å². The van der Waals surface area contributed by atoms with Crippen molar-refractivity contribution in [2.75, 3.05) is 6.54 Å². The number of aryl methyl sites for hydroxylation is 1. The molecule has 0 aliphatic rings. The van der Waals surface area contributed by atoms with Gasteiger partial charge >= 0.3 is 0 Å². The Labute approximate surface area is 83.8 Å². The second kappa shape index (κ2) is 4.20. The van der Waals surface area contributed by atoms with Crippen molar-refractivity contribution in [3.63, 3.8) is 0 Å². The second-order valence-electron chi connectivity index (χ2n) is 3.43. The van der Waals surface area contributed by atoms with Gasteiger partial charge in [0.25, 0.3) is 0 Å². The molecule has 0 aliphatic heterocycles. The maximum atomic E-state index is 5.47. The lowest BCUT2D eigenvalue weighted by molar-refractivity contribution is 0.830. The lowest BCUT2D eigenvalue weighted by Crippen LogP contribution is -2.00. The first-order valence-corrected chi connectivity index (χ1v) is 4.94. The molecule has 2 rings (SSSR count). The van der Waals surface area contributed by atoms with Crippen molar-refractivity contribution in [3.8, 4) is 0 Å². The third-order valence-corrected chi connectivity index (χ3v) is 2.32. The van der Waals surface area contributed by atoms with Crippen molar-refractivity contribution in [1.29, 1.82) is 0 Å². The van der Waals surface area contributed by atoms with E-state index in [1.807, 2.05) is 24.4 Å². The van der Waals surface area contributed by atoms with E-state index in [0.717, 1.165) is 24.9 Å². The van der Waals surface area contributed by atoms with Crippen LogP contribution < -0.4 is 5.73 Å². The Balaban J connectivity index is 2.32. The Morgan fingerprint density at radius 1 is 1.21 bits per heavy atom. The summed E-state index contributed by atoms with van der Waals surface area (Å²) < 4.78 is 0. The molecule has 0 spiro atoms. The van der Waals surface area contributed by atoms with E-state index in [1.165, 1.54) is 10.9 Å². The van der Waals surface area contributed by atoms with E-state index in [-0.39, 0.29) is 0 Å². The molecule has 0 bridgehead atoms. The summed E-state index contributed by atoms with van der Waals surface area (Å²) in [6.45, 7) is 0.743. The fraction of sp³-hybridized carbons (Fsp3) is 0.250. The molecule has 72 valence electrons. The second-order valence-corrected chi connectivity index (χ2v) is 3.43. The Morgan fingerprint density at radius 3 is 2.93 bits per heavy atom. The van der Waals surface area contributed by atoms with Crippen LogP contribution in [0.15, 0.2) is 36.5 Å². The molecule has 1 aromatic carbocycles. The largest absolute Gasteiger partial charge is 0.330 e. The van der Waals surface area contributed by atoms with Crippen LogP contribution in [0.1, 0.15) is 12.0 Å². The molecule has 1 aromatic heterocycles. The first-order chi connectivity index (χ1) is 6.90. The predicted octanol–water partition coefficient (Wildman–Crippen LogP) is 2.13. The van der Waals surface area contributed by atoms with Crippen molar-refractivity contribution < 1.29 is 0 Å². The monoisotopic (exact) mass is 186 g/mol. The Morgan fingerprint density at radius 2 is 2.07 bits per heavy atom. The van der Waals surface area contributed by atoms with Crippen LogP contribution in [0, 0.1) is 0 Å². The number of hydrogen-bond acceptors (Lipinski definition) is 2. The summed E-state index contributed by atoms with van der Waals surface area (Å²) in [5.74, 6) is 0. The molecule has 0 atom stereocenters. The highest BCUT2D eigenvalue weighted by Gasteiger charge is 1.96. The lowest BCUT2D eigenvalue weighted by atomic mass is 10.1. The van der Waals surface area contributed by atoms with Crippen LogP contribution in [0.4, 0.5) is 0 Å². The van der Waals surface area contributed by atoms with Gasteiger partial charge in [-0.25, -0.2) is 0 Å². The summed E-state index contributed by atoms with van der Waals surface area (Å²) in [6, 6.07) is 10.4. The van der Waals surface area contributed by atoms with Crippen molar-refractivity contribution in [1.82, 2.24) is 4.98 Å². The molecular formula is C12H14N2. The molecule has 0 amide bonds. The van der Waals surface area contributed by atoms with Crippen LogP contribution in [0.25, 0.3) is 10.9 Å². The molecule has 2 aromatic rings. The van der Waals surface area contributed by atoms with Crippen molar-refractivity contribution in [2.24, 2.45) is 5.73 Å². The van der Waals surface area contributed by atoms with Crippen molar-refractivity contribution in [2.45, 2.75) is 12.8 Å². The zero-order valence-electron chi connectivity index (χ0n) is 8.11. The van der Waals surface area contributed by atoms with Gasteiger partial charge < -0.3 is 5.73 Å². The number of para-hydroxylation sites is 1. The Bertz CT molecular complexity index is 423. The van der Waals surface area contributed by atoms with E-state index in [1.54, 1.807) is 0 Å². The van der Waals surface area contributed by atoms with Gasteiger partial charge in [-0.05, 0) is 37.1 Å². The minimum atomic E-state index is 0.743. The van der Waals surface area contributed by atoms with E-state index in [2.05, 4.69) is 17.1 Å². The predicted molar refractivity (Wildman–Crippen MR) is 59.1 cm³/mol. The highest BCUT2D eigenvalue weighted by Crippen LogP contribution is 2.13. The maximum Gasteiger partial charge on any atom is 0.0702 e. The standard InChI is InChI=1S/C12H14N2/c13-7-3-4-10-8-11-5-1-2-6-12(11)14-9-10/h1-2,5-6,8-9H,3-4,7,13H2. The number of nitrogens with two attached hydrogens (primary N) is 1. The lowest BCUT2D eigenvalue weighted by Gasteiger charge is -2.01. The molecule has 0 fully saturated rings. The highest BCUT2D eigenvalue weighted by molar-refractivity contribution is 5.78. The number of pyridine rings is 1. The average molecular weight is 186 g/mol. The number of nitrogens with zero attached hydrogens (tertiary/aromatic N) is 1. The Kier molecular flexibility index (Phi) is 2.75. The highest BCUT2D eigenvalue weighted by atomic mass is 14.6. The van der Waals surface area contributed by atoms with E-state index in [0.29, 0.717) is 0 Å². The molecule has 2 N–H and O–H groups in total. The van der Waals surface area contributed by atoms with Gasteiger partial charge in [0.05, 0.1) is 5.52 Å². The van der Waals surface area contributed by atoms with Crippen LogP contribution in [0.3, 0.4) is 0 Å². The smallest absolute Gasteiger partial charge is 0.0702 e. The minimum absolute atomic E-state index is 0.743. The topological polar surface area (TPSA) is 38.9 Å². The zero-order valence-corrected chi connectivity index (χ0v) is 8.11. The SMILES string of the molecule is NCCCc1cnc2ccccc2c1. The number of fused-ring (bicyclic) bond motifs is 1. The summed E-state index contributed by atoms with van der Waals surface area (Å²) in [7, 11) is 0. The first-order valence-electron chi connectivity index (χ1n) is 4.94. The van der Waals surface area contributed by atoms with Crippen molar-refractivity contribution in [3.05, 3.63) is 42.1 Å². The quantitative estimate of drug-likeness (QED) is 0.797. The minimum Gasteiger partial charge on any atom is -0.330 e. The van der Waals surface area contributed by atoms with Crippen LogP contribution in [-0.4, -0.2) is 11.5 Å². The van der Waals surface area contributed by atoms with E-state index >= 15 is 0 Å². The van der Waals surface area contributed by atoms with Gasteiger partial charge in [-0.15, -0.1) is 0 Å². The fourth-order valence-electron chi connectivity index (χ4n) is 1.56. The van der Waals surface area contributed by atoms with Gasteiger partial charge in [0, 0.05) is 11.6 Å². The molecule has 0 saturated heterocycles. The van der Waals surface area contributed by atoms with E-state index in [9.17, 15) is 0 Å². The van der Waals surface area contributed by atoms with E-state index in [4.69, 9.17) is 5.73 Å². The average Bonchev–Trinajstić information content (AvgIpc) is 2.26. The third kappa shape index (κ3) is 1.91. The summed E-state index contributed by atoms with van der Waals surface area (Å²) in [5.41, 5.74) is 7.80. The van der Waals surface area contributed by atoms with Gasteiger partial charge in [-0.3, -0.25) is 4.98 Å². The molecule has 2 heteroatoms. The summed E-state index contributed by atoms with van der Waals surface area (Å²) >= 11 is 0. The first kappa shape index (κ1) is 9.16. The summed E-state index contributed by atoms with van der Waals surface area (Å²) in [4.78, 5) is 4.39.